The number of benzene rings is 1. The van der Waals surface area contributed by atoms with Crippen LogP contribution in [0, 0.1) is 13.8 Å². The summed E-state index contributed by atoms with van der Waals surface area (Å²) in [5.74, 6) is 0.958. The van der Waals surface area contributed by atoms with Crippen molar-refractivity contribution in [2.75, 3.05) is 62.7 Å². The minimum atomic E-state index is -0.499. The number of hydrogen-bond acceptors (Lipinski definition) is 8. The van der Waals surface area contributed by atoms with E-state index in [4.69, 9.17) is 19.4 Å². The molecule has 212 valence electrons. The second kappa shape index (κ2) is 11.2. The number of aryl methyl sites for hydroxylation is 1. The minimum absolute atomic E-state index is 0.249. The van der Waals surface area contributed by atoms with Gasteiger partial charge in [0, 0.05) is 50.0 Å². The number of anilines is 2. The fraction of sp³-hybridized carbons (Fsp3) is 0.633. The van der Waals surface area contributed by atoms with Gasteiger partial charge in [-0.25, -0.2) is 4.79 Å². The Bertz CT molecular complexity index is 1190. The maximum Gasteiger partial charge on any atom is 0.410 e. The summed E-state index contributed by atoms with van der Waals surface area (Å²) in [5, 5.41) is 0. The van der Waals surface area contributed by atoms with Gasteiger partial charge in [-0.05, 0) is 84.7 Å². The highest BCUT2D eigenvalue weighted by atomic mass is 16.6. The van der Waals surface area contributed by atoms with Gasteiger partial charge < -0.3 is 29.1 Å². The molecule has 2 fully saturated rings. The number of likely N-dealkylation sites (N-methyl/N-ethyl adjacent to an activating group) is 1. The lowest BCUT2D eigenvalue weighted by atomic mass is 10.0. The summed E-state index contributed by atoms with van der Waals surface area (Å²) in [4.78, 5) is 31.4. The summed E-state index contributed by atoms with van der Waals surface area (Å²) >= 11 is 0. The molecular formula is C30H44N6O3. The first-order chi connectivity index (χ1) is 18.6. The molecule has 0 spiro atoms. The standard InChI is InChI=1S/C30H44N6O3/c1-21-9-7-11-26(22(21)2)36-14-12-24-25(19-36)31-28(38-20-23-10-8-13-33(23)6)32-27(24)34-15-17-35(18-16-34)29(37)39-30(3,4)5/h7,9,11,23H,8,10,12-20H2,1-6H3/t23-/m0/s1. The zero-order chi connectivity index (χ0) is 27.7. The van der Waals surface area contributed by atoms with Crippen molar-refractivity contribution in [3.05, 3.63) is 40.6 Å². The van der Waals surface area contributed by atoms with E-state index in [-0.39, 0.29) is 6.09 Å². The molecular weight excluding hydrogens is 492 g/mol. The molecule has 0 bridgehead atoms. The third-order valence-corrected chi connectivity index (χ3v) is 8.25. The molecule has 0 aliphatic carbocycles. The van der Waals surface area contributed by atoms with Gasteiger partial charge >= 0.3 is 12.1 Å². The number of carbonyl (C=O) groups is 1. The van der Waals surface area contributed by atoms with Crippen LogP contribution in [-0.4, -0.2) is 90.4 Å². The maximum absolute atomic E-state index is 12.6. The third-order valence-electron chi connectivity index (χ3n) is 8.25. The van der Waals surface area contributed by atoms with Crippen molar-refractivity contribution in [1.82, 2.24) is 19.8 Å². The lowest BCUT2D eigenvalue weighted by Gasteiger charge is -2.38. The van der Waals surface area contributed by atoms with E-state index in [0.29, 0.717) is 44.8 Å². The largest absolute Gasteiger partial charge is 0.462 e. The van der Waals surface area contributed by atoms with Gasteiger partial charge in [-0.1, -0.05) is 12.1 Å². The smallest absolute Gasteiger partial charge is 0.410 e. The van der Waals surface area contributed by atoms with E-state index in [9.17, 15) is 4.79 Å². The van der Waals surface area contributed by atoms with Crippen LogP contribution in [0.15, 0.2) is 18.2 Å². The van der Waals surface area contributed by atoms with Crippen molar-refractivity contribution in [2.24, 2.45) is 0 Å². The summed E-state index contributed by atoms with van der Waals surface area (Å²) in [6.45, 7) is 16.0. The molecule has 1 aromatic heterocycles. The molecule has 0 N–H and O–H groups in total. The Labute approximate surface area is 233 Å². The first-order valence-corrected chi connectivity index (χ1v) is 14.4. The van der Waals surface area contributed by atoms with Crippen LogP contribution in [0.3, 0.4) is 0 Å². The third kappa shape index (κ3) is 6.24. The number of hydrogen-bond donors (Lipinski definition) is 0. The average Bonchev–Trinajstić information content (AvgIpc) is 3.32. The highest BCUT2D eigenvalue weighted by Crippen LogP contribution is 2.33. The van der Waals surface area contributed by atoms with Gasteiger partial charge in [0.2, 0.25) is 0 Å². The van der Waals surface area contributed by atoms with Gasteiger partial charge in [0.25, 0.3) is 0 Å². The zero-order valence-corrected chi connectivity index (χ0v) is 24.5. The quantitative estimate of drug-likeness (QED) is 0.563. The van der Waals surface area contributed by atoms with Crippen LogP contribution in [0.25, 0.3) is 0 Å². The highest BCUT2D eigenvalue weighted by Gasteiger charge is 2.31. The Morgan fingerprint density at radius 2 is 1.79 bits per heavy atom. The number of likely N-dealkylation sites (tertiary alicyclic amines) is 1. The van der Waals surface area contributed by atoms with Crippen LogP contribution in [0.5, 0.6) is 6.01 Å². The molecule has 1 aromatic carbocycles. The Morgan fingerprint density at radius 1 is 1.03 bits per heavy atom. The number of rotatable bonds is 5. The van der Waals surface area contributed by atoms with Crippen LogP contribution in [0.2, 0.25) is 0 Å². The highest BCUT2D eigenvalue weighted by molar-refractivity contribution is 5.69. The molecule has 0 unspecified atom stereocenters. The molecule has 3 aliphatic rings. The predicted octanol–water partition coefficient (Wildman–Crippen LogP) is 4.19. The van der Waals surface area contributed by atoms with Gasteiger partial charge in [0.1, 0.15) is 18.0 Å². The molecule has 2 saturated heterocycles. The summed E-state index contributed by atoms with van der Waals surface area (Å²) in [6, 6.07) is 7.37. The second-order valence-corrected chi connectivity index (χ2v) is 12.2. The molecule has 4 heterocycles. The summed E-state index contributed by atoms with van der Waals surface area (Å²) in [6.07, 6.45) is 2.96. The summed E-state index contributed by atoms with van der Waals surface area (Å²) < 4.78 is 11.9. The van der Waals surface area contributed by atoms with E-state index >= 15 is 0 Å². The molecule has 1 amide bonds. The van der Waals surface area contributed by atoms with Gasteiger partial charge in [-0.3, -0.25) is 0 Å². The zero-order valence-electron chi connectivity index (χ0n) is 24.5. The van der Waals surface area contributed by atoms with Crippen molar-refractivity contribution in [2.45, 2.75) is 72.1 Å². The van der Waals surface area contributed by atoms with Crippen LogP contribution in [0.1, 0.15) is 56.0 Å². The number of fused-ring (bicyclic) bond motifs is 1. The van der Waals surface area contributed by atoms with E-state index in [1.165, 1.54) is 28.8 Å². The topological polar surface area (TPSA) is 74.3 Å². The summed E-state index contributed by atoms with van der Waals surface area (Å²) in [5.41, 5.74) is 5.62. The van der Waals surface area contributed by atoms with Gasteiger partial charge in [-0.15, -0.1) is 0 Å². The number of carbonyl (C=O) groups excluding carboxylic acids is 1. The Hall–Kier alpha value is -3.07. The molecule has 9 heteroatoms. The number of ether oxygens (including phenoxy) is 2. The van der Waals surface area contributed by atoms with Gasteiger partial charge in [0.05, 0.1) is 12.2 Å². The van der Waals surface area contributed by atoms with E-state index in [0.717, 1.165) is 44.0 Å². The van der Waals surface area contributed by atoms with Crippen LogP contribution < -0.4 is 14.5 Å². The van der Waals surface area contributed by atoms with E-state index < -0.39 is 5.60 Å². The molecule has 0 saturated carbocycles. The number of nitrogens with zero attached hydrogens (tertiary/aromatic N) is 6. The molecule has 9 nitrogen and oxygen atoms in total. The summed E-state index contributed by atoms with van der Waals surface area (Å²) in [7, 11) is 2.16. The molecule has 39 heavy (non-hydrogen) atoms. The molecule has 1 atom stereocenters. The normalized spacial score (nSPS) is 20.3. The van der Waals surface area contributed by atoms with E-state index in [1.54, 1.807) is 4.90 Å². The Balaban J connectivity index is 1.38. The molecule has 2 aromatic rings. The van der Waals surface area contributed by atoms with Crippen molar-refractivity contribution >= 4 is 17.6 Å². The lowest BCUT2D eigenvalue weighted by molar-refractivity contribution is 0.0240. The maximum atomic E-state index is 12.6. The Morgan fingerprint density at radius 3 is 2.49 bits per heavy atom. The van der Waals surface area contributed by atoms with E-state index in [1.807, 2.05) is 20.8 Å². The minimum Gasteiger partial charge on any atom is -0.462 e. The first kappa shape index (κ1) is 27.5. The van der Waals surface area contributed by atoms with Crippen LogP contribution in [-0.2, 0) is 17.7 Å². The average molecular weight is 537 g/mol. The molecule has 0 radical (unpaired) electrons. The molecule has 3 aliphatic heterocycles. The number of aromatic nitrogens is 2. The number of amides is 1. The van der Waals surface area contributed by atoms with Crippen LogP contribution >= 0.6 is 0 Å². The van der Waals surface area contributed by atoms with Gasteiger partial charge in [0.15, 0.2) is 0 Å². The van der Waals surface area contributed by atoms with E-state index in [2.05, 4.69) is 53.8 Å². The molecule has 5 rings (SSSR count). The first-order valence-electron chi connectivity index (χ1n) is 14.4. The van der Waals surface area contributed by atoms with Crippen molar-refractivity contribution in [3.63, 3.8) is 0 Å². The Kier molecular flexibility index (Phi) is 7.89. The SMILES string of the molecule is Cc1cccc(N2CCc3c(nc(OC[C@@H]4CCCN4C)nc3N3CCN(C(=O)OC(C)(C)C)CC3)C2)c1C. The van der Waals surface area contributed by atoms with Crippen LogP contribution in [0.4, 0.5) is 16.3 Å². The number of piperazine rings is 1. The van der Waals surface area contributed by atoms with Crippen molar-refractivity contribution in [1.29, 1.82) is 0 Å². The van der Waals surface area contributed by atoms with Crippen molar-refractivity contribution in [3.8, 4) is 6.01 Å². The fourth-order valence-corrected chi connectivity index (χ4v) is 5.79. The monoisotopic (exact) mass is 536 g/mol. The second-order valence-electron chi connectivity index (χ2n) is 12.2. The predicted molar refractivity (Wildman–Crippen MR) is 154 cm³/mol. The fourth-order valence-electron chi connectivity index (χ4n) is 5.79. The van der Waals surface area contributed by atoms with Crippen molar-refractivity contribution < 1.29 is 14.3 Å². The van der Waals surface area contributed by atoms with Gasteiger partial charge in [-0.2, -0.15) is 9.97 Å². The lowest BCUT2D eigenvalue weighted by Crippen LogP contribution is -2.50.